The Balaban J connectivity index is 1.90. The van der Waals surface area contributed by atoms with E-state index in [2.05, 4.69) is 10.2 Å². The number of carbonyl (C=O) groups is 2. The smallest absolute Gasteiger partial charge is 0.237 e. The fourth-order valence-corrected chi connectivity index (χ4v) is 3.13. The van der Waals surface area contributed by atoms with Crippen LogP contribution in [0.15, 0.2) is 18.2 Å². The van der Waals surface area contributed by atoms with Crippen molar-refractivity contribution in [3.63, 3.8) is 0 Å². The first-order valence-corrected chi connectivity index (χ1v) is 8.94. The minimum absolute atomic E-state index is 0.0175. The molecule has 0 saturated carbocycles. The third kappa shape index (κ3) is 5.11. The molecule has 1 aliphatic rings. The SMILES string of the molecule is COc1ccc(CNC(=O)[C@@H](C)N2CCCN(C(C)=O)CC2)cc1OC. The highest BCUT2D eigenvalue weighted by atomic mass is 16.5. The maximum absolute atomic E-state index is 12.5. The molecule has 1 aromatic carbocycles. The maximum atomic E-state index is 12.5. The van der Waals surface area contributed by atoms with E-state index in [1.54, 1.807) is 21.1 Å². The molecule has 2 rings (SSSR count). The average molecular weight is 363 g/mol. The van der Waals surface area contributed by atoms with Gasteiger partial charge in [0.05, 0.1) is 20.3 Å². The summed E-state index contributed by atoms with van der Waals surface area (Å²) in [6.45, 7) is 6.88. The lowest BCUT2D eigenvalue weighted by Gasteiger charge is -2.26. The van der Waals surface area contributed by atoms with Gasteiger partial charge in [0.1, 0.15) is 0 Å². The highest BCUT2D eigenvalue weighted by Crippen LogP contribution is 2.27. The predicted molar refractivity (Wildman–Crippen MR) is 99.3 cm³/mol. The molecule has 1 aromatic rings. The zero-order chi connectivity index (χ0) is 19.1. The summed E-state index contributed by atoms with van der Waals surface area (Å²) in [6, 6.07) is 5.36. The standard InChI is InChI=1S/C19H29N3O4/c1-14(21-8-5-9-22(11-10-21)15(2)23)19(24)20-13-16-6-7-17(25-3)18(12-16)26-4/h6-7,12,14H,5,8-11,13H2,1-4H3,(H,20,24)/t14-/m1/s1. The van der Waals surface area contributed by atoms with Crippen molar-refractivity contribution >= 4 is 11.8 Å². The molecule has 7 nitrogen and oxygen atoms in total. The number of methoxy groups -OCH3 is 2. The van der Waals surface area contributed by atoms with Crippen molar-refractivity contribution in [3.8, 4) is 11.5 Å². The number of nitrogens with one attached hydrogen (secondary N) is 1. The number of hydrogen-bond donors (Lipinski definition) is 1. The van der Waals surface area contributed by atoms with Gasteiger partial charge in [-0.3, -0.25) is 14.5 Å². The van der Waals surface area contributed by atoms with Gasteiger partial charge in [-0.2, -0.15) is 0 Å². The minimum atomic E-state index is -0.234. The van der Waals surface area contributed by atoms with E-state index in [0.29, 0.717) is 31.1 Å². The second kappa shape index (κ2) is 9.43. The summed E-state index contributed by atoms with van der Waals surface area (Å²) in [4.78, 5) is 28.0. The number of ether oxygens (including phenoxy) is 2. The molecule has 0 aromatic heterocycles. The fraction of sp³-hybridized carbons (Fsp3) is 0.579. The van der Waals surface area contributed by atoms with Gasteiger partial charge in [-0.15, -0.1) is 0 Å². The number of benzene rings is 1. The molecule has 0 spiro atoms. The summed E-state index contributed by atoms with van der Waals surface area (Å²) >= 11 is 0. The quantitative estimate of drug-likeness (QED) is 0.824. The summed E-state index contributed by atoms with van der Waals surface area (Å²) < 4.78 is 10.5. The van der Waals surface area contributed by atoms with Crippen LogP contribution in [0.5, 0.6) is 11.5 Å². The van der Waals surface area contributed by atoms with Crippen LogP contribution in [0.4, 0.5) is 0 Å². The van der Waals surface area contributed by atoms with Crippen molar-refractivity contribution in [1.29, 1.82) is 0 Å². The molecule has 1 heterocycles. The van der Waals surface area contributed by atoms with E-state index < -0.39 is 0 Å². The van der Waals surface area contributed by atoms with Crippen LogP contribution in [0.3, 0.4) is 0 Å². The monoisotopic (exact) mass is 363 g/mol. The molecule has 0 unspecified atom stereocenters. The molecule has 26 heavy (non-hydrogen) atoms. The van der Waals surface area contributed by atoms with Gasteiger partial charge in [0.15, 0.2) is 11.5 Å². The van der Waals surface area contributed by atoms with E-state index in [9.17, 15) is 9.59 Å². The largest absolute Gasteiger partial charge is 0.493 e. The number of hydrogen-bond acceptors (Lipinski definition) is 5. The normalized spacial score (nSPS) is 16.5. The zero-order valence-electron chi connectivity index (χ0n) is 16.1. The third-order valence-electron chi connectivity index (χ3n) is 4.82. The molecular formula is C19H29N3O4. The highest BCUT2D eigenvalue weighted by molar-refractivity contribution is 5.81. The van der Waals surface area contributed by atoms with Crippen LogP contribution in [0.2, 0.25) is 0 Å². The van der Waals surface area contributed by atoms with Crippen LogP contribution in [-0.4, -0.2) is 68.1 Å². The topological polar surface area (TPSA) is 71.1 Å². The molecule has 1 N–H and O–H groups in total. The Bertz CT molecular complexity index is 635. The average Bonchev–Trinajstić information content (AvgIpc) is 2.91. The Kier molecular flexibility index (Phi) is 7.26. The summed E-state index contributed by atoms with van der Waals surface area (Å²) in [5.74, 6) is 1.38. The van der Waals surface area contributed by atoms with Crippen molar-refractivity contribution in [3.05, 3.63) is 23.8 Å². The van der Waals surface area contributed by atoms with Crippen molar-refractivity contribution < 1.29 is 19.1 Å². The second-order valence-corrected chi connectivity index (χ2v) is 6.48. The molecule has 1 saturated heterocycles. The molecule has 1 atom stereocenters. The highest BCUT2D eigenvalue weighted by Gasteiger charge is 2.24. The van der Waals surface area contributed by atoms with Gasteiger partial charge >= 0.3 is 0 Å². The Morgan fingerprint density at radius 3 is 2.50 bits per heavy atom. The summed E-state index contributed by atoms with van der Waals surface area (Å²) in [7, 11) is 3.18. The Morgan fingerprint density at radius 2 is 1.85 bits per heavy atom. The lowest BCUT2D eigenvalue weighted by Crippen LogP contribution is -2.46. The van der Waals surface area contributed by atoms with Gasteiger partial charge in [-0.1, -0.05) is 6.07 Å². The third-order valence-corrected chi connectivity index (χ3v) is 4.82. The van der Waals surface area contributed by atoms with E-state index in [1.165, 1.54) is 0 Å². The van der Waals surface area contributed by atoms with E-state index in [4.69, 9.17) is 9.47 Å². The molecule has 0 radical (unpaired) electrons. The van der Waals surface area contributed by atoms with Crippen LogP contribution >= 0.6 is 0 Å². The predicted octanol–water partition coefficient (Wildman–Crippen LogP) is 1.26. The van der Waals surface area contributed by atoms with Crippen LogP contribution in [-0.2, 0) is 16.1 Å². The lowest BCUT2D eigenvalue weighted by molar-refractivity contribution is -0.128. The summed E-state index contributed by atoms with van der Waals surface area (Å²) in [6.07, 6.45) is 0.882. The number of amides is 2. The Hall–Kier alpha value is -2.28. The maximum Gasteiger partial charge on any atom is 0.237 e. The molecule has 144 valence electrons. The number of rotatable bonds is 6. The van der Waals surface area contributed by atoms with Crippen LogP contribution in [0.25, 0.3) is 0 Å². The first-order chi connectivity index (χ1) is 12.5. The van der Waals surface area contributed by atoms with Crippen molar-refractivity contribution in [2.75, 3.05) is 40.4 Å². The van der Waals surface area contributed by atoms with E-state index in [0.717, 1.165) is 25.1 Å². The summed E-state index contributed by atoms with van der Waals surface area (Å²) in [5.41, 5.74) is 0.946. The lowest BCUT2D eigenvalue weighted by atomic mass is 10.2. The molecule has 1 fully saturated rings. The minimum Gasteiger partial charge on any atom is -0.493 e. The van der Waals surface area contributed by atoms with Gasteiger partial charge in [0.2, 0.25) is 11.8 Å². The Labute approximate surface area is 155 Å². The first-order valence-electron chi connectivity index (χ1n) is 8.94. The van der Waals surface area contributed by atoms with Gasteiger partial charge in [0, 0.05) is 39.6 Å². The second-order valence-electron chi connectivity index (χ2n) is 6.48. The molecule has 0 aliphatic carbocycles. The van der Waals surface area contributed by atoms with Gasteiger partial charge < -0.3 is 19.7 Å². The van der Waals surface area contributed by atoms with E-state index in [1.807, 2.05) is 30.0 Å². The van der Waals surface area contributed by atoms with Crippen molar-refractivity contribution in [1.82, 2.24) is 15.1 Å². The van der Waals surface area contributed by atoms with Crippen molar-refractivity contribution in [2.24, 2.45) is 0 Å². The molecule has 0 bridgehead atoms. The van der Waals surface area contributed by atoms with Crippen LogP contribution in [0.1, 0.15) is 25.8 Å². The first kappa shape index (κ1) is 20.0. The van der Waals surface area contributed by atoms with Crippen LogP contribution < -0.4 is 14.8 Å². The molecule has 7 heteroatoms. The van der Waals surface area contributed by atoms with Crippen LogP contribution in [0, 0.1) is 0 Å². The van der Waals surface area contributed by atoms with Gasteiger partial charge in [-0.25, -0.2) is 0 Å². The number of carbonyl (C=O) groups excluding carboxylic acids is 2. The van der Waals surface area contributed by atoms with Gasteiger partial charge in [0.25, 0.3) is 0 Å². The zero-order valence-corrected chi connectivity index (χ0v) is 16.1. The Morgan fingerprint density at radius 1 is 1.12 bits per heavy atom. The van der Waals surface area contributed by atoms with E-state index in [-0.39, 0.29) is 17.9 Å². The van der Waals surface area contributed by atoms with Gasteiger partial charge in [-0.05, 0) is 31.0 Å². The number of nitrogens with zero attached hydrogens (tertiary/aromatic N) is 2. The molecule has 1 aliphatic heterocycles. The summed E-state index contributed by atoms with van der Waals surface area (Å²) in [5, 5.41) is 2.98. The molecule has 2 amide bonds. The fourth-order valence-electron chi connectivity index (χ4n) is 3.13. The van der Waals surface area contributed by atoms with E-state index >= 15 is 0 Å². The molecular weight excluding hydrogens is 334 g/mol. The van der Waals surface area contributed by atoms with Crippen molar-refractivity contribution in [2.45, 2.75) is 32.9 Å².